The largest absolute Gasteiger partial charge is 0.447 e. The van der Waals surface area contributed by atoms with E-state index in [0.717, 1.165) is 18.5 Å². The zero-order valence-electron chi connectivity index (χ0n) is 8.85. The van der Waals surface area contributed by atoms with Crippen LogP contribution in [0.2, 0.25) is 0 Å². The van der Waals surface area contributed by atoms with Crippen LogP contribution in [-0.2, 0) is 4.74 Å². The molecule has 1 atom stereocenters. The van der Waals surface area contributed by atoms with Crippen molar-refractivity contribution in [2.75, 3.05) is 13.2 Å². The van der Waals surface area contributed by atoms with Crippen LogP contribution in [-0.4, -0.2) is 24.1 Å². The monoisotopic (exact) mass is 205 g/mol. The molecule has 1 heterocycles. The number of carbonyl (C=O) groups excluding carboxylic acids is 1. The van der Waals surface area contributed by atoms with E-state index in [9.17, 15) is 4.79 Å². The first kappa shape index (κ1) is 10.0. The van der Waals surface area contributed by atoms with E-state index in [2.05, 4.69) is 6.92 Å². The van der Waals surface area contributed by atoms with Crippen molar-refractivity contribution >= 4 is 6.09 Å². The van der Waals surface area contributed by atoms with Crippen LogP contribution in [0, 0.1) is 0 Å². The first-order valence-electron chi connectivity index (χ1n) is 5.31. The van der Waals surface area contributed by atoms with Gasteiger partial charge in [-0.05, 0) is 12.0 Å². The van der Waals surface area contributed by atoms with Gasteiger partial charge in [0.2, 0.25) is 0 Å². The highest BCUT2D eigenvalue weighted by molar-refractivity contribution is 5.70. The molecule has 3 nitrogen and oxygen atoms in total. The van der Waals surface area contributed by atoms with Gasteiger partial charge >= 0.3 is 6.09 Å². The van der Waals surface area contributed by atoms with Crippen LogP contribution >= 0.6 is 0 Å². The number of rotatable bonds is 3. The summed E-state index contributed by atoms with van der Waals surface area (Å²) >= 11 is 0. The van der Waals surface area contributed by atoms with Gasteiger partial charge in [0.1, 0.15) is 6.61 Å². The molecular formula is C12H15NO2. The van der Waals surface area contributed by atoms with E-state index in [4.69, 9.17) is 4.74 Å². The van der Waals surface area contributed by atoms with Crippen molar-refractivity contribution in [2.24, 2.45) is 0 Å². The van der Waals surface area contributed by atoms with E-state index in [0.29, 0.717) is 6.61 Å². The Morgan fingerprint density at radius 1 is 1.40 bits per heavy atom. The zero-order chi connectivity index (χ0) is 10.7. The molecule has 80 valence electrons. The van der Waals surface area contributed by atoms with E-state index >= 15 is 0 Å². The topological polar surface area (TPSA) is 29.5 Å². The molecule has 1 aliphatic rings. The zero-order valence-corrected chi connectivity index (χ0v) is 8.85. The summed E-state index contributed by atoms with van der Waals surface area (Å²) in [5.74, 6) is 0. The smallest absolute Gasteiger partial charge is 0.410 e. The molecule has 1 aromatic carbocycles. The van der Waals surface area contributed by atoms with Gasteiger partial charge in [-0.25, -0.2) is 4.79 Å². The molecular weight excluding hydrogens is 190 g/mol. The molecule has 2 rings (SSSR count). The van der Waals surface area contributed by atoms with Crippen molar-refractivity contribution in [2.45, 2.75) is 19.4 Å². The van der Waals surface area contributed by atoms with Gasteiger partial charge < -0.3 is 4.74 Å². The molecule has 0 spiro atoms. The standard InChI is InChI=1S/C12H15NO2/c1-2-8-13-11(9-15-12(13)14)10-6-4-3-5-7-10/h3-7,11H,2,8-9H2,1H3/t11-/m1/s1. The molecule has 1 aromatic rings. The summed E-state index contributed by atoms with van der Waals surface area (Å²) in [4.78, 5) is 13.3. The molecule has 0 N–H and O–H groups in total. The number of hydrogen-bond acceptors (Lipinski definition) is 2. The predicted octanol–water partition coefficient (Wildman–Crippen LogP) is 2.59. The Labute approximate surface area is 89.7 Å². The Bertz CT molecular complexity index is 337. The van der Waals surface area contributed by atoms with Gasteiger partial charge in [-0.15, -0.1) is 0 Å². The van der Waals surface area contributed by atoms with Crippen LogP contribution in [0.4, 0.5) is 4.79 Å². The van der Waals surface area contributed by atoms with Crippen LogP contribution < -0.4 is 0 Å². The first-order chi connectivity index (χ1) is 7.33. The van der Waals surface area contributed by atoms with Gasteiger partial charge in [0.05, 0.1) is 6.04 Å². The quantitative estimate of drug-likeness (QED) is 0.759. The third-order valence-corrected chi connectivity index (χ3v) is 2.62. The SMILES string of the molecule is CCCN1C(=O)OC[C@@H]1c1ccccc1. The van der Waals surface area contributed by atoms with Crippen molar-refractivity contribution < 1.29 is 9.53 Å². The summed E-state index contributed by atoms with van der Waals surface area (Å²) in [6.45, 7) is 3.30. The molecule has 1 amide bonds. The lowest BCUT2D eigenvalue weighted by Gasteiger charge is -2.20. The summed E-state index contributed by atoms with van der Waals surface area (Å²) in [7, 11) is 0. The fourth-order valence-corrected chi connectivity index (χ4v) is 1.89. The molecule has 1 fully saturated rings. The Morgan fingerprint density at radius 2 is 2.13 bits per heavy atom. The van der Waals surface area contributed by atoms with E-state index in [1.807, 2.05) is 30.3 Å². The number of cyclic esters (lactones) is 1. The number of carbonyl (C=O) groups is 1. The van der Waals surface area contributed by atoms with E-state index in [1.54, 1.807) is 4.90 Å². The van der Waals surface area contributed by atoms with Crippen LogP contribution in [0.15, 0.2) is 30.3 Å². The Morgan fingerprint density at radius 3 is 2.80 bits per heavy atom. The van der Waals surface area contributed by atoms with Crippen molar-refractivity contribution in [1.29, 1.82) is 0 Å². The second-order valence-electron chi connectivity index (χ2n) is 3.70. The van der Waals surface area contributed by atoms with Gasteiger partial charge in [-0.3, -0.25) is 4.90 Å². The fourth-order valence-electron chi connectivity index (χ4n) is 1.89. The highest BCUT2D eigenvalue weighted by Crippen LogP contribution is 2.27. The normalized spacial score (nSPS) is 20.5. The minimum atomic E-state index is -0.189. The molecule has 1 saturated heterocycles. The Balaban J connectivity index is 2.18. The maximum absolute atomic E-state index is 11.5. The molecule has 0 aliphatic carbocycles. The third-order valence-electron chi connectivity index (χ3n) is 2.62. The minimum Gasteiger partial charge on any atom is -0.447 e. The Hall–Kier alpha value is -1.51. The van der Waals surface area contributed by atoms with Crippen molar-refractivity contribution in [3.8, 4) is 0 Å². The van der Waals surface area contributed by atoms with E-state index in [-0.39, 0.29) is 12.1 Å². The lowest BCUT2D eigenvalue weighted by molar-refractivity contribution is 0.157. The number of benzene rings is 1. The molecule has 0 radical (unpaired) electrons. The molecule has 1 aliphatic heterocycles. The Kier molecular flexibility index (Phi) is 2.90. The van der Waals surface area contributed by atoms with Crippen molar-refractivity contribution in [3.05, 3.63) is 35.9 Å². The lowest BCUT2D eigenvalue weighted by atomic mass is 10.1. The number of nitrogens with zero attached hydrogens (tertiary/aromatic N) is 1. The number of hydrogen-bond donors (Lipinski definition) is 0. The summed E-state index contributed by atoms with van der Waals surface area (Å²) < 4.78 is 5.07. The van der Waals surface area contributed by atoms with Crippen LogP contribution in [0.1, 0.15) is 24.9 Å². The van der Waals surface area contributed by atoms with Crippen LogP contribution in [0.25, 0.3) is 0 Å². The molecule has 0 unspecified atom stereocenters. The number of ether oxygens (including phenoxy) is 1. The van der Waals surface area contributed by atoms with E-state index in [1.165, 1.54) is 0 Å². The average molecular weight is 205 g/mol. The summed E-state index contributed by atoms with van der Waals surface area (Å²) in [6, 6.07) is 10.1. The molecule has 3 heteroatoms. The highest BCUT2D eigenvalue weighted by Gasteiger charge is 2.32. The minimum absolute atomic E-state index is 0.0960. The summed E-state index contributed by atoms with van der Waals surface area (Å²) in [6.07, 6.45) is 0.768. The van der Waals surface area contributed by atoms with Gasteiger partial charge in [-0.2, -0.15) is 0 Å². The first-order valence-corrected chi connectivity index (χ1v) is 5.31. The van der Waals surface area contributed by atoms with Crippen molar-refractivity contribution in [3.63, 3.8) is 0 Å². The van der Waals surface area contributed by atoms with Gasteiger partial charge in [0.15, 0.2) is 0 Å². The molecule has 0 bridgehead atoms. The van der Waals surface area contributed by atoms with Crippen LogP contribution in [0.3, 0.4) is 0 Å². The number of amides is 1. The molecule has 15 heavy (non-hydrogen) atoms. The second kappa shape index (κ2) is 4.34. The van der Waals surface area contributed by atoms with Gasteiger partial charge in [0, 0.05) is 6.54 Å². The van der Waals surface area contributed by atoms with Crippen LogP contribution in [0.5, 0.6) is 0 Å². The van der Waals surface area contributed by atoms with Gasteiger partial charge in [0.25, 0.3) is 0 Å². The predicted molar refractivity (Wildman–Crippen MR) is 57.5 cm³/mol. The molecule has 0 saturated carbocycles. The molecule has 0 aromatic heterocycles. The van der Waals surface area contributed by atoms with Crippen molar-refractivity contribution in [1.82, 2.24) is 4.90 Å². The lowest BCUT2D eigenvalue weighted by Crippen LogP contribution is -2.28. The maximum Gasteiger partial charge on any atom is 0.410 e. The average Bonchev–Trinajstić information content (AvgIpc) is 2.63. The maximum atomic E-state index is 11.5. The highest BCUT2D eigenvalue weighted by atomic mass is 16.6. The summed E-state index contributed by atoms with van der Waals surface area (Å²) in [5, 5.41) is 0. The summed E-state index contributed by atoms with van der Waals surface area (Å²) in [5.41, 5.74) is 1.15. The fraction of sp³-hybridized carbons (Fsp3) is 0.417. The second-order valence-corrected chi connectivity index (χ2v) is 3.70. The third kappa shape index (κ3) is 1.96. The van der Waals surface area contributed by atoms with Gasteiger partial charge in [-0.1, -0.05) is 37.3 Å². The van der Waals surface area contributed by atoms with E-state index < -0.39 is 0 Å².